The molecule has 8 heteroatoms. The van der Waals surface area contributed by atoms with Gasteiger partial charge < -0.3 is 29.9 Å². The number of rotatable bonds is 2. The van der Waals surface area contributed by atoms with Gasteiger partial charge in [-0.15, -0.1) is 0 Å². The molecule has 6 rings (SSSR count). The Morgan fingerprint density at radius 3 is 2.67 bits per heavy atom. The molecule has 166 valence electrons. The molecule has 10 atom stereocenters. The normalized spacial score (nSPS) is 56.5. The zero-order chi connectivity index (χ0) is 21.9. The molecule has 0 aromatic heterocycles. The van der Waals surface area contributed by atoms with Gasteiger partial charge in [-0.25, -0.2) is 0 Å². The van der Waals surface area contributed by atoms with Crippen LogP contribution in [0.2, 0.25) is 0 Å². The van der Waals surface area contributed by atoms with Crippen molar-refractivity contribution in [1.82, 2.24) is 0 Å². The summed E-state index contributed by atoms with van der Waals surface area (Å²) in [6.07, 6.45) is -2.02. The molecule has 0 radical (unpaired) electrons. The molecule has 8 nitrogen and oxygen atoms in total. The summed E-state index contributed by atoms with van der Waals surface area (Å²) in [5.41, 5.74) is -3.11. The van der Waals surface area contributed by atoms with Gasteiger partial charge in [0.05, 0.1) is 30.8 Å². The Labute approximate surface area is 174 Å². The lowest BCUT2D eigenvalue weighted by Gasteiger charge is -2.74. The molecule has 0 aromatic carbocycles. The summed E-state index contributed by atoms with van der Waals surface area (Å²) in [7, 11) is 0. The van der Waals surface area contributed by atoms with Crippen LogP contribution in [0.15, 0.2) is 12.2 Å². The van der Waals surface area contributed by atoms with E-state index in [0.717, 1.165) is 0 Å². The molecule has 0 aromatic rings. The van der Waals surface area contributed by atoms with Crippen LogP contribution in [0.4, 0.5) is 0 Å². The second-order valence-corrected chi connectivity index (χ2v) is 10.5. The van der Waals surface area contributed by atoms with Crippen LogP contribution in [-0.2, 0) is 19.1 Å². The molecular formula is C22H30O8. The highest BCUT2D eigenvalue weighted by atomic mass is 16.6. The minimum Gasteiger partial charge on any atom is -0.465 e. The van der Waals surface area contributed by atoms with E-state index in [1.165, 1.54) is 6.92 Å². The fraction of sp³-hybridized carbons (Fsp3) is 0.818. The number of fused-ring (bicyclic) bond motifs is 2. The van der Waals surface area contributed by atoms with Crippen molar-refractivity contribution in [2.24, 2.45) is 34.0 Å². The van der Waals surface area contributed by atoms with E-state index in [1.807, 2.05) is 6.92 Å². The van der Waals surface area contributed by atoms with Gasteiger partial charge in [-0.3, -0.25) is 9.59 Å². The van der Waals surface area contributed by atoms with E-state index in [9.17, 15) is 30.0 Å². The minimum atomic E-state index is -2.20. The molecule has 4 saturated carbocycles. The quantitative estimate of drug-likeness (QED) is 0.359. The summed E-state index contributed by atoms with van der Waals surface area (Å²) in [4.78, 5) is 25.0. The Balaban J connectivity index is 1.72. The largest absolute Gasteiger partial charge is 0.465 e. The van der Waals surface area contributed by atoms with Gasteiger partial charge in [0.15, 0.2) is 5.78 Å². The Morgan fingerprint density at radius 2 is 2.00 bits per heavy atom. The van der Waals surface area contributed by atoms with Gasteiger partial charge in [-0.2, -0.15) is 0 Å². The van der Waals surface area contributed by atoms with Gasteiger partial charge in [0.2, 0.25) is 5.79 Å². The standard InChI is InChI=1S/C22H30O8/c1-10-12-6-13(24)15-20-9-30-22(28,21(15,7-12)17(10)26)18(27)16(20)19(3,5-4-14(20)25)8-29-11(2)23/h12-16,18,24-25,27-28H,1,4-9H2,2-3H3/t12-,13-,14-,15+,16-,18+,19+,20+,21-,22-/m1/s1. The number of Topliss-reactive ketones (excluding diaryl/α,β-unsaturated/α-hetero) is 1. The smallest absolute Gasteiger partial charge is 0.302 e. The molecule has 2 saturated heterocycles. The van der Waals surface area contributed by atoms with E-state index < -0.39 is 58.1 Å². The number of hydrogen-bond acceptors (Lipinski definition) is 8. The molecule has 0 unspecified atom stereocenters. The third kappa shape index (κ3) is 2.00. The lowest BCUT2D eigenvalue weighted by atomic mass is 9.35. The zero-order valence-electron chi connectivity index (χ0n) is 17.3. The molecule has 4 aliphatic carbocycles. The van der Waals surface area contributed by atoms with Crippen molar-refractivity contribution >= 4 is 11.8 Å². The van der Waals surface area contributed by atoms with Crippen molar-refractivity contribution in [3.8, 4) is 0 Å². The Morgan fingerprint density at radius 1 is 1.30 bits per heavy atom. The van der Waals surface area contributed by atoms with Crippen molar-refractivity contribution in [2.75, 3.05) is 13.2 Å². The average Bonchev–Trinajstić information content (AvgIpc) is 2.88. The number of aliphatic hydroxyl groups is 4. The molecule has 2 heterocycles. The molecule has 6 aliphatic rings. The second kappa shape index (κ2) is 5.92. The predicted octanol–water partition coefficient (Wildman–Crippen LogP) is -0.0812. The first-order valence-corrected chi connectivity index (χ1v) is 10.7. The predicted molar refractivity (Wildman–Crippen MR) is 102 cm³/mol. The van der Waals surface area contributed by atoms with Crippen LogP contribution in [0.1, 0.15) is 39.5 Å². The molecule has 30 heavy (non-hydrogen) atoms. The van der Waals surface area contributed by atoms with Crippen LogP contribution >= 0.6 is 0 Å². The number of carbonyl (C=O) groups excluding carboxylic acids is 2. The number of ether oxygens (including phenoxy) is 2. The highest BCUT2D eigenvalue weighted by Gasteiger charge is 2.86. The third-order valence-electron chi connectivity index (χ3n) is 9.22. The maximum atomic E-state index is 13.5. The number of ketones is 1. The summed E-state index contributed by atoms with van der Waals surface area (Å²) < 4.78 is 11.2. The Hall–Kier alpha value is -1.32. The SMILES string of the molecule is C=C1C(=O)[C@@]23C[C@H]1C[C@@H](O)[C@H]2[C@@]12CO[C@]3(O)[C@@H](O)[C@@H]1[C@](C)(COC(C)=O)CC[C@H]2O. The number of aliphatic hydroxyl groups excluding tert-OH is 3. The monoisotopic (exact) mass is 422 g/mol. The van der Waals surface area contributed by atoms with Gasteiger partial charge in [0.25, 0.3) is 0 Å². The third-order valence-corrected chi connectivity index (χ3v) is 9.22. The maximum Gasteiger partial charge on any atom is 0.302 e. The molecule has 2 spiro atoms. The van der Waals surface area contributed by atoms with Crippen molar-refractivity contribution < 1.29 is 39.5 Å². The fourth-order valence-corrected chi connectivity index (χ4v) is 8.14. The first kappa shape index (κ1) is 20.6. The maximum absolute atomic E-state index is 13.5. The van der Waals surface area contributed by atoms with Gasteiger partial charge in [0.1, 0.15) is 6.10 Å². The molecule has 4 N–H and O–H groups in total. The molecule has 0 amide bonds. The molecule has 6 fully saturated rings. The topological polar surface area (TPSA) is 134 Å². The summed E-state index contributed by atoms with van der Waals surface area (Å²) in [6, 6.07) is 0. The highest BCUT2D eigenvalue weighted by Crippen LogP contribution is 2.76. The van der Waals surface area contributed by atoms with Crippen molar-refractivity contribution in [3.05, 3.63) is 12.2 Å². The highest BCUT2D eigenvalue weighted by molar-refractivity contribution is 6.04. The van der Waals surface area contributed by atoms with Gasteiger partial charge >= 0.3 is 5.97 Å². The molecular weight excluding hydrogens is 392 g/mol. The molecule has 4 bridgehead atoms. The van der Waals surface area contributed by atoms with Crippen molar-refractivity contribution in [1.29, 1.82) is 0 Å². The van der Waals surface area contributed by atoms with Crippen LogP contribution in [0.3, 0.4) is 0 Å². The van der Waals surface area contributed by atoms with Gasteiger partial charge in [-0.1, -0.05) is 13.5 Å². The van der Waals surface area contributed by atoms with Crippen LogP contribution in [0.5, 0.6) is 0 Å². The van der Waals surface area contributed by atoms with E-state index >= 15 is 0 Å². The summed E-state index contributed by atoms with van der Waals surface area (Å²) in [6.45, 7) is 7.00. The van der Waals surface area contributed by atoms with E-state index in [1.54, 1.807) is 0 Å². The number of allylic oxidation sites excluding steroid dienone is 1. The summed E-state index contributed by atoms with van der Waals surface area (Å²) in [5, 5.41) is 45.8. The van der Waals surface area contributed by atoms with Gasteiger partial charge in [-0.05, 0) is 37.2 Å². The second-order valence-electron chi connectivity index (χ2n) is 10.5. The zero-order valence-corrected chi connectivity index (χ0v) is 17.3. The lowest BCUT2D eigenvalue weighted by molar-refractivity contribution is -0.457. The Bertz CT molecular complexity index is 841. The first-order chi connectivity index (χ1) is 14.0. The number of carbonyl (C=O) groups is 2. The summed E-state index contributed by atoms with van der Waals surface area (Å²) in [5.74, 6) is -4.84. The van der Waals surface area contributed by atoms with Crippen LogP contribution in [-0.4, -0.2) is 69.5 Å². The number of esters is 1. The van der Waals surface area contributed by atoms with E-state index in [4.69, 9.17) is 9.47 Å². The first-order valence-electron chi connectivity index (χ1n) is 10.7. The van der Waals surface area contributed by atoms with E-state index in [0.29, 0.717) is 24.8 Å². The average molecular weight is 422 g/mol. The van der Waals surface area contributed by atoms with Gasteiger partial charge in [0, 0.05) is 29.6 Å². The minimum absolute atomic E-state index is 0.00764. The molecule has 2 aliphatic heterocycles. The lowest BCUT2D eigenvalue weighted by Crippen LogP contribution is -2.85. The van der Waals surface area contributed by atoms with Crippen molar-refractivity contribution in [3.63, 3.8) is 0 Å². The van der Waals surface area contributed by atoms with Crippen LogP contribution in [0.25, 0.3) is 0 Å². The van der Waals surface area contributed by atoms with E-state index in [2.05, 4.69) is 6.58 Å². The van der Waals surface area contributed by atoms with Crippen LogP contribution < -0.4 is 0 Å². The Kier molecular flexibility index (Phi) is 4.06. The fourth-order valence-electron chi connectivity index (χ4n) is 8.14. The van der Waals surface area contributed by atoms with E-state index in [-0.39, 0.29) is 31.3 Å². The van der Waals surface area contributed by atoms with Crippen molar-refractivity contribution in [2.45, 2.75) is 63.6 Å². The number of hydrogen-bond donors (Lipinski definition) is 4. The summed E-state index contributed by atoms with van der Waals surface area (Å²) >= 11 is 0. The van der Waals surface area contributed by atoms with Crippen LogP contribution in [0, 0.1) is 34.0 Å².